The van der Waals surface area contributed by atoms with Gasteiger partial charge >= 0.3 is 0 Å². The van der Waals surface area contributed by atoms with Crippen LogP contribution in [0.15, 0.2) is 28.7 Å². The van der Waals surface area contributed by atoms with Crippen molar-refractivity contribution in [3.8, 4) is 0 Å². The van der Waals surface area contributed by atoms with Crippen molar-refractivity contribution in [3.05, 3.63) is 34.3 Å². The third-order valence-electron chi connectivity index (χ3n) is 2.23. The Morgan fingerprint density at radius 3 is 2.75 bits per heavy atom. The molecule has 1 rings (SSSR count). The first-order valence-corrected chi connectivity index (χ1v) is 7.22. The Hall–Kier alpha value is -0.430. The Balaban J connectivity index is 2.65. The summed E-state index contributed by atoms with van der Waals surface area (Å²) in [6, 6.07) is 7.48. The van der Waals surface area contributed by atoms with Gasteiger partial charge < -0.3 is 5.73 Å². The summed E-state index contributed by atoms with van der Waals surface area (Å²) in [7, 11) is -3.31. The minimum Gasteiger partial charge on any atom is -0.329 e. The highest BCUT2D eigenvalue weighted by Gasteiger charge is 2.18. The highest BCUT2D eigenvalue weighted by molar-refractivity contribution is 9.10. The van der Waals surface area contributed by atoms with E-state index in [1.54, 1.807) is 6.92 Å². The first-order valence-electron chi connectivity index (χ1n) is 4.88. The summed E-state index contributed by atoms with van der Waals surface area (Å²) in [5.74, 6) is 0. The molecule has 1 unspecified atom stereocenters. The third-order valence-corrected chi connectivity index (χ3v) is 4.52. The van der Waals surface area contributed by atoms with Crippen LogP contribution in [0.3, 0.4) is 0 Å². The van der Waals surface area contributed by atoms with Crippen molar-refractivity contribution >= 4 is 26.0 Å². The minimum atomic E-state index is -3.31. The number of benzene rings is 1. The van der Waals surface area contributed by atoms with Crippen LogP contribution in [0.25, 0.3) is 0 Å². The first-order chi connectivity index (χ1) is 7.45. The average molecular weight is 307 g/mol. The smallest absolute Gasteiger partial charge is 0.215 e. The normalized spacial score (nSPS) is 13.7. The molecule has 16 heavy (non-hydrogen) atoms. The van der Waals surface area contributed by atoms with E-state index in [4.69, 9.17) is 5.73 Å². The molecule has 3 N–H and O–H groups in total. The van der Waals surface area contributed by atoms with E-state index in [1.807, 2.05) is 24.3 Å². The van der Waals surface area contributed by atoms with E-state index < -0.39 is 15.3 Å². The van der Waals surface area contributed by atoms with Gasteiger partial charge in [0.05, 0.1) is 5.25 Å². The van der Waals surface area contributed by atoms with Crippen molar-refractivity contribution in [1.82, 2.24) is 4.72 Å². The Kier molecular flexibility index (Phi) is 4.91. The lowest BCUT2D eigenvalue weighted by atomic mass is 10.2. The van der Waals surface area contributed by atoms with Crippen LogP contribution in [0.4, 0.5) is 0 Å². The maximum Gasteiger partial charge on any atom is 0.215 e. The molecule has 0 aliphatic rings. The van der Waals surface area contributed by atoms with Gasteiger partial charge in [0.1, 0.15) is 0 Å². The van der Waals surface area contributed by atoms with E-state index in [1.165, 1.54) is 0 Å². The Morgan fingerprint density at radius 1 is 1.50 bits per heavy atom. The quantitative estimate of drug-likeness (QED) is 0.859. The Labute approximate surface area is 104 Å². The van der Waals surface area contributed by atoms with Crippen molar-refractivity contribution < 1.29 is 8.42 Å². The number of halogens is 1. The van der Waals surface area contributed by atoms with Crippen LogP contribution in [0.5, 0.6) is 0 Å². The van der Waals surface area contributed by atoms with Crippen LogP contribution in [0.2, 0.25) is 0 Å². The van der Waals surface area contributed by atoms with E-state index in [0.717, 1.165) is 10.0 Å². The fraction of sp³-hybridized carbons (Fsp3) is 0.400. The average Bonchev–Trinajstić information content (AvgIpc) is 2.25. The standard InChI is InChI=1S/C10H15BrN2O2S/c1-8(6-12)16(14,15)13-7-9-3-2-4-10(11)5-9/h2-5,8,13H,6-7,12H2,1H3. The molecule has 0 aromatic heterocycles. The predicted octanol–water partition coefficient (Wildman–Crippen LogP) is 1.22. The van der Waals surface area contributed by atoms with Gasteiger partial charge in [0.2, 0.25) is 10.0 Å². The summed E-state index contributed by atoms with van der Waals surface area (Å²) in [4.78, 5) is 0. The summed E-state index contributed by atoms with van der Waals surface area (Å²) in [6.07, 6.45) is 0. The van der Waals surface area contributed by atoms with Gasteiger partial charge in [-0.3, -0.25) is 0 Å². The fourth-order valence-electron chi connectivity index (χ4n) is 1.10. The lowest BCUT2D eigenvalue weighted by Gasteiger charge is -2.11. The van der Waals surface area contributed by atoms with Gasteiger partial charge in [-0.1, -0.05) is 28.1 Å². The molecule has 1 aromatic carbocycles. The molecule has 0 amide bonds. The van der Waals surface area contributed by atoms with Crippen molar-refractivity contribution in [2.24, 2.45) is 5.73 Å². The van der Waals surface area contributed by atoms with E-state index in [9.17, 15) is 8.42 Å². The van der Waals surface area contributed by atoms with E-state index >= 15 is 0 Å². The second-order valence-corrected chi connectivity index (χ2v) is 6.64. The number of nitrogens with two attached hydrogens (primary N) is 1. The van der Waals surface area contributed by atoms with Crippen molar-refractivity contribution in [2.45, 2.75) is 18.7 Å². The molecule has 0 aliphatic carbocycles. The number of hydrogen-bond acceptors (Lipinski definition) is 3. The SMILES string of the molecule is CC(CN)S(=O)(=O)NCc1cccc(Br)c1. The molecular formula is C10H15BrN2O2S. The molecule has 0 spiro atoms. The van der Waals surface area contributed by atoms with Gasteiger partial charge in [0.25, 0.3) is 0 Å². The largest absolute Gasteiger partial charge is 0.329 e. The highest BCUT2D eigenvalue weighted by Crippen LogP contribution is 2.11. The number of sulfonamides is 1. The second kappa shape index (κ2) is 5.77. The molecule has 1 atom stereocenters. The van der Waals surface area contributed by atoms with Crippen molar-refractivity contribution in [3.63, 3.8) is 0 Å². The van der Waals surface area contributed by atoms with Crippen molar-refractivity contribution in [1.29, 1.82) is 0 Å². The predicted molar refractivity (Wildman–Crippen MR) is 68.4 cm³/mol. The van der Waals surface area contributed by atoms with E-state index in [2.05, 4.69) is 20.7 Å². The van der Waals surface area contributed by atoms with Gasteiger partial charge in [-0.15, -0.1) is 0 Å². The summed E-state index contributed by atoms with van der Waals surface area (Å²) in [6.45, 7) is 1.99. The minimum absolute atomic E-state index is 0.119. The topological polar surface area (TPSA) is 72.2 Å². The molecule has 4 nitrogen and oxygen atoms in total. The van der Waals surface area contributed by atoms with Gasteiger partial charge in [-0.2, -0.15) is 0 Å². The van der Waals surface area contributed by atoms with Crippen LogP contribution in [0.1, 0.15) is 12.5 Å². The summed E-state index contributed by atoms with van der Waals surface area (Å²) in [5, 5.41) is -0.570. The lowest BCUT2D eigenvalue weighted by molar-refractivity contribution is 0.568. The van der Waals surface area contributed by atoms with Crippen LogP contribution in [-0.4, -0.2) is 20.2 Å². The molecule has 1 aromatic rings. The second-order valence-electron chi connectivity index (χ2n) is 3.54. The first kappa shape index (κ1) is 13.6. The van der Waals surface area contributed by atoms with Crippen molar-refractivity contribution in [2.75, 3.05) is 6.54 Å². The van der Waals surface area contributed by atoms with Gasteiger partial charge in [0.15, 0.2) is 0 Å². The molecule has 0 fully saturated rings. The number of rotatable bonds is 5. The molecule has 0 saturated heterocycles. The van der Waals surface area contributed by atoms with Crippen LogP contribution in [0, 0.1) is 0 Å². The van der Waals surface area contributed by atoms with E-state index in [-0.39, 0.29) is 13.1 Å². The molecule has 6 heteroatoms. The van der Waals surface area contributed by atoms with Gasteiger partial charge in [0, 0.05) is 17.6 Å². The zero-order valence-electron chi connectivity index (χ0n) is 8.98. The summed E-state index contributed by atoms with van der Waals surface area (Å²) >= 11 is 3.33. The number of nitrogens with one attached hydrogen (secondary N) is 1. The molecule has 0 saturated carbocycles. The molecule has 0 heterocycles. The zero-order chi connectivity index (χ0) is 12.2. The molecule has 0 aliphatic heterocycles. The summed E-state index contributed by atoms with van der Waals surface area (Å²) in [5.41, 5.74) is 6.23. The van der Waals surface area contributed by atoms with Crippen LogP contribution < -0.4 is 10.5 Å². The summed E-state index contributed by atoms with van der Waals surface area (Å²) < 4.78 is 26.7. The van der Waals surface area contributed by atoms with Crippen LogP contribution >= 0.6 is 15.9 Å². The monoisotopic (exact) mass is 306 g/mol. The molecule has 0 bridgehead atoms. The van der Waals surface area contributed by atoms with E-state index in [0.29, 0.717) is 0 Å². The highest BCUT2D eigenvalue weighted by atomic mass is 79.9. The van der Waals surface area contributed by atoms with Gasteiger partial charge in [-0.25, -0.2) is 13.1 Å². The Morgan fingerprint density at radius 2 is 2.19 bits per heavy atom. The molecule has 90 valence electrons. The van der Waals surface area contributed by atoms with Gasteiger partial charge in [-0.05, 0) is 24.6 Å². The third kappa shape index (κ3) is 3.86. The zero-order valence-corrected chi connectivity index (χ0v) is 11.4. The maximum absolute atomic E-state index is 11.6. The maximum atomic E-state index is 11.6. The van der Waals surface area contributed by atoms with Crippen LogP contribution in [-0.2, 0) is 16.6 Å². The molecular weight excluding hydrogens is 292 g/mol. The lowest BCUT2D eigenvalue weighted by Crippen LogP contribution is -2.36. The molecule has 0 radical (unpaired) electrons. The fourth-order valence-corrected chi connectivity index (χ4v) is 2.45. The Bertz CT molecular complexity index is 448. The number of hydrogen-bond donors (Lipinski definition) is 2.